The quantitative estimate of drug-likeness (QED) is 0.604. The van der Waals surface area contributed by atoms with E-state index in [-0.39, 0.29) is 5.56 Å². The fourth-order valence-corrected chi connectivity index (χ4v) is 4.15. The molecule has 1 aliphatic rings. The van der Waals surface area contributed by atoms with Crippen LogP contribution in [0, 0.1) is 4.77 Å². The molecule has 0 radical (unpaired) electrons. The minimum atomic E-state index is -0.851. The maximum absolute atomic E-state index is 12.0. The van der Waals surface area contributed by atoms with Crippen molar-refractivity contribution in [3.63, 3.8) is 0 Å². The molecule has 3 aromatic rings. The molecule has 8 heteroatoms. The van der Waals surface area contributed by atoms with Crippen molar-refractivity contribution in [2.75, 3.05) is 13.1 Å². The van der Waals surface area contributed by atoms with Crippen molar-refractivity contribution < 1.29 is 9.90 Å². The van der Waals surface area contributed by atoms with Crippen molar-refractivity contribution in [3.8, 4) is 0 Å². The largest absolute Gasteiger partial charge is 0.465 e. The zero-order valence-corrected chi connectivity index (χ0v) is 15.5. The monoisotopic (exact) mass is 384 g/mol. The molecule has 4 rings (SSSR count). The van der Waals surface area contributed by atoms with Gasteiger partial charge in [-0.1, -0.05) is 24.3 Å². The number of aromatic amines is 2. The second kappa shape index (κ2) is 7.03. The molecule has 0 aliphatic carbocycles. The van der Waals surface area contributed by atoms with Crippen molar-refractivity contribution in [3.05, 3.63) is 62.8 Å². The van der Waals surface area contributed by atoms with Gasteiger partial charge in [0.25, 0.3) is 5.56 Å². The Balaban J connectivity index is 1.67. The first-order valence-electron chi connectivity index (χ1n) is 8.90. The molecule has 0 atom stereocenters. The van der Waals surface area contributed by atoms with Crippen molar-refractivity contribution in [2.24, 2.45) is 0 Å². The normalized spacial score (nSPS) is 15.3. The van der Waals surface area contributed by atoms with E-state index in [4.69, 9.17) is 17.3 Å². The lowest BCUT2D eigenvalue weighted by molar-refractivity contribution is 0.132. The molecule has 1 amide bonds. The lowest BCUT2D eigenvalue weighted by Crippen LogP contribution is -2.37. The number of carboxylic acid groups (broad SMARTS) is 1. The van der Waals surface area contributed by atoms with E-state index in [1.807, 2.05) is 22.8 Å². The summed E-state index contributed by atoms with van der Waals surface area (Å²) in [4.78, 5) is 30.4. The number of rotatable bonds is 3. The van der Waals surface area contributed by atoms with Crippen LogP contribution in [0.1, 0.15) is 29.9 Å². The molecule has 0 spiro atoms. The Morgan fingerprint density at radius 2 is 1.96 bits per heavy atom. The second-order valence-corrected chi connectivity index (χ2v) is 7.21. The molecule has 1 aliphatic heterocycles. The third-order valence-corrected chi connectivity index (χ3v) is 5.62. The van der Waals surface area contributed by atoms with Crippen molar-refractivity contribution in [1.29, 1.82) is 0 Å². The number of nitrogens with zero attached hydrogens (tertiary/aromatic N) is 2. The summed E-state index contributed by atoms with van der Waals surface area (Å²) in [6.07, 6.45) is 2.49. The topological polar surface area (TPSA) is 94.1 Å². The second-order valence-electron chi connectivity index (χ2n) is 6.83. The zero-order valence-electron chi connectivity index (χ0n) is 14.6. The average molecular weight is 384 g/mol. The number of nitrogens with one attached hydrogen (secondary N) is 2. The van der Waals surface area contributed by atoms with E-state index < -0.39 is 6.09 Å². The molecular formula is C19H20N4O3S. The summed E-state index contributed by atoms with van der Waals surface area (Å²) in [5.41, 5.74) is 3.43. The van der Waals surface area contributed by atoms with Gasteiger partial charge in [0.15, 0.2) is 4.77 Å². The Labute approximate surface area is 160 Å². The Hall–Kier alpha value is -2.87. The minimum Gasteiger partial charge on any atom is -0.465 e. The van der Waals surface area contributed by atoms with E-state index >= 15 is 0 Å². The molecule has 2 aromatic heterocycles. The van der Waals surface area contributed by atoms with E-state index in [0.29, 0.717) is 35.8 Å². The van der Waals surface area contributed by atoms with Gasteiger partial charge in [0.2, 0.25) is 0 Å². The van der Waals surface area contributed by atoms with Crippen LogP contribution in [0.25, 0.3) is 11.0 Å². The zero-order chi connectivity index (χ0) is 19.0. The van der Waals surface area contributed by atoms with Crippen LogP contribution in [0.3, 0.4) is 0 Å². The summed E-state index contributed by atoms with van der Waals surface area (Å²) >= 11 is 5.40. The molecular weight excluding hydrogens is 364 g/mol. The van der Waals surface area contributed by atoms with Crippen LogP contribution in [0.5, 0.6) is 0 Å². The highest BCUT2D eigenvalue weighted by Gasteiger charge is 2.25. The first kappa shape index (κ1) is 17.5. The minimum absolute atomic E-state index is 0.217. The van der Waals surface area contributed by atoms with E-state index in [2.05, 4.69) is 22.1 Å². The number of hydrogen-bond acceptors (Lipinski definition) is 3. The molecule has 0 bridgehead atoms. The fraction of sp³-hybridized carbons (Fsp3) is 0.316. The van der Waals surface area contributed by atoms with Gasteiger partial charge in [-0.3, -0.25) is 9.78 Å². The first-order chi connectivity index (χ1) is 13.0. The molecule has 140 valence electrons. The fourth-order valence-electron chi connectivity index (χ4n) is 3.89. The predicted octanol–water partition coefficient (Wildman–Crippen LogP) is 3.29. The summed E-state index contributed by atoms with van der Waals surface area (Å²) in [5, 5.41) is 9.16. The number of hydrogen-bond donors (Lipinski definition) is 3. The lowest BCUT2D eigenvalue weighted by Gasteiger charge is -2.31. The van der Waals surface area contributed by atoms with Gasteiger partial charge in [-0.05, 0) is 48.2 Å². The van der Waals surface area contributed by atoms with Crippen molar-refractivity contribution >= 4 is 29.3 Å². The molecule has 1 aromatic carbocycles. The number of carbonyl (C=O) groups is 1. The van der Waals surface area contributed by atoms with Crippen LogP contribution in [0.2, 0.25) is 0 Å². The molecule has 0 unspecified atom stereocenters. The maximum atomic E-state index is 12.0. The van der Waals surface area contributed by atoms with Crippen LogP contribution in [-0.2, 0) is 6.54 Å². The summed E-state index contributed by atoms with van der Waals surface area (Å²) in [6.45, 7) is 1.65. The van der Waals surface area contributed by atoms with E-state index in [0.717, 1.165) is 23.9 Å². The third kappa shape index (κ3) is 3.28. The molecule has 27 heavy (non-hydrogen) atoms. The van der Waals surface area contributed by atoms with Crippen LogP contribution in [-0.4, -0.2) is 43.7 Å². The summed E-state index contributed by atoms with van der Waals surface area (Å²) in [7, 11) is 0. The Morgan fingerprint density at radius 3 is 2.70 bits per heavy atom. The average Bonchev–Trinajstić information content (AvgIpc) is 3.16. The van der Waals surface area contributed by atoms with Crippen LogP contribution < -0.4 is 5.56 Å². The highest BCUT2D eigenvalue weighted by Crippen LogP contribution is 2.31. The van der Waals surface area contributed by atoms with Gasteiger partial charge in [0.05, 0.1) is 12.1 Å². The Morgan fingerprint density at radius 1 is 1.22 bits per heavy atom. The van der Waals surface area contributed by atoms with Gasteiger partial charge >= 0.3 is 6.09 Å². The van der Waals surface area contributed by atoms with Gasteiger partial charge in [0, 0.05) is 19.3 Å². The van der Waals surface area contributed by atoms with Gasteiger partial charge in [0.1, 0.15) is 5.52 Å². The van der Waals surface area contributed by atoms with Gasteiger partial charge in [-0.25, -0.2) is 4.79 Å². The van der Waals surface area contributed by atoms with Gasteiger partial charge in [-0.15, -0.1) is 0 Å². The summed E-state index contributed by atoms with van der Waals surface area (Å²) in [5.74, 6) is 0.315. The number of likely N-dealkylation sites (tertiary alicyclic amines) is 1. The van der Waals surface area contributed by atoms with E-state index in [1.54, 1.807) is 6.20 Å². The number of amides is 1. The highest BCUT2D eigenvalue weighted by atomic mass is 32.1. The van der Waals surface area contributed by atoms with Crippen LogP contribution in [0.15, 0.2) is 41.3 Å². The molecule has 1 saturated heterocycles. The van der Waals surface area contributed by atoms with Crippen molar-refractivity contribution in [1.82, 2.24) is 19.4 Å². The van der Waals surface area contributed by atoms with Gasteiger partial charge in [-0.2, -0.15) is 0 Å². The Bertz CT molecular complexity index is 1110. The molecule has 1 fully saturated rings. The smallest absolute Gasteiger partial charge is 0.407 e. The lowest BCUT2D eigenvalue weighted by atomic mass is 9.86. The predicted molar refractivity (Wildman–Crippen MR) is 105 cm³/mol. The molecule has 3 heterocycles. The summed E-state index contributed by atoms with van der Waals surface area (Å²) < 4.78 is 2.32. The molecule has 7 nitrogen and oxygen atoms in total. The molecule has 0 saturated carbocycles. The number of benzene rings is 1. The van der Waals surface area contributed by atoms with Gasteiger partial charge < -0.3 is 19.6 Å². The standard InChI is InChI=1S/C19H20N4O3S/c24-17-16-15(5-8-20-16)23(18(27)21-17)11-13-3-1-2-4-14(13)12-6-9-22(10-7-12)19(25)26/h1-5,8,12,20H,6-7,9-11H2,(H,25,26)(H,21,24,27). The van der Waals surface area contributed by atoms with E-state index in [1.165, 1.54) is 10.5 Å². The number of H-pyrrole nitrogens is 2. The number of fused-ring (bicyclic) bond motifs is 1. The van der Waals surface area contributed by atoms with E-state index in [9.17, 15) is 9.59 Å². The number of piperidine rings is 1. The molecule has 3 N–H and O–H groups in total. The third-order valence-electron chi connectivity index (χ3n) is 5.30. The number of aromatic nitrogens is 3. The summed E-state index contributed by atoms with van der Waals surface area (Å²) in [6, 6.07) is 10.0. The SMILES string of the molecule is O=C(O)N1CCC(c2ccccc2Cn2c(=S)[nH]c(=O)c3[nH]ccc32)CC1. The van der Waals surface area contributed by atoms with Crippen LogP contribution >= 0.6 is 12.2 Å². The van der Waals surface area contributed by atoms with Crippen LogP contribution in [0.4, 0.5) is 4.79 Å². The van der Waals surface area contributed by atoms with Crippen molar-refractivity contribution in [2.45, 2.75) is 25.3 Å². The maximum Gasteiger partial charge on any atom is 0.407 e. The first-order valence-corrected chi connectivity index (χ1v) is 9.31. The Kier molecular flexibility index (Phi) is 4.57. The highest BCUT2D eigenvalue weighted by molar-refractivity contribution is 7.71.